The maximum Gasteiger partial charge on any atom is 0.255 e. The monoisotopic (exact) mass is 398 g/mol. The number of piperazine rings is 1. The topological polar surface area (TPSA) is 23.6 Å². The van der Waals surface area contributed by atoms with Gasteiger partial charge in [0, 0.05) is 37.7 Å². The Kier molecular flexibility index (Phi) is 7.57. The number of halogens is 3. The minimum atomic E-state index is 0. The summed E-state index contributed by atoms with van der Waals surface area (Å²) in [6.07, 6.45) is 0.996. The summed E-state index contributed by atoms with van der Waals surface area (Å²) >= 11 is 12.0. The van der Waals surface area contributed by atoms with Gasteiger partial charge in [-0.1, -0.05) is 47.5 Å². The van der Waals surface area contributed by atoms with Crippen LogP contribution in [0.5, 0.6) is 0 Å². The third kappa shape index (κ3) is 5.35. The number of carbonyl (C=O) groups is 1. The summed E-state index contributed by atoms with van der Waals surface area (Å²) in [5.74, 6) is 0.0259. The molecule has 0 spiro atoms. The van der Waals surface area contributed by atoms with Crippen LogP contribution in [0.15, 0.2) is 48.5 Å². The summed E-state index contributed by atoms with van der Waals surface area (Å²) in [6.45, 7) is 4.26. The summed E-state index contributed by atoms with van der Waals surface area (Å²) in [7, 11) is 0. The summed E-state index contributed by atoms with van der Waals surface area (Å²) in [5, 5.41) is 1.29. The molecule has 1 heterocycles. The smallest absolute Gasteiger partial charge is 0.255 e. The van der Waals surface area contributed by atoms with Crippen LogP contribution in [0.3, 0.4) is 0 Å². The summed E-state index contributed by atoms with van der Waals surface area (Å²) < 4.78 is 0. The molecular weight excluding hydrogens is 379 g/mol. The van der Waals surface area contributed by atoms with Crippen molar-refractivity contribution in [3.05, 3.63) is 69.7 Å². The second kappa shape index (κ2) is 9.44. The van der Waals surface area contributed by atoms with Crippen molar-refractivity contribution in [2.75, 3.05) is 32.7 Å². The number of rotatable bonds is 4. The Morgan fingerprint density at radius 1 is 0.920 bits per heavy atom. The second-order valence-electron chi connectivity index (χ2n) is 5.99. The molecule has 0 bridgehead atoms. The normalized spacial score (nSPS) is 14.9. The third-order valence-electron chi connectivity index (χ3n) is 4.39. The van der Waals surface area contributed by atoms with Crippen molar-refractivity contribution >= 4 is 41.5 Å². The Bertz CT molecular complexity index is 698. The number of nitrogens with zero attached hydrogens (tertiary/aromatic N) is 2. The van der Waals surface area contributed by atoms with Crippen molar-refractivity contribution in [1.82, 2.24) is 9.80 Å². The van der Waals surface area contributed by atoms with Gasteiger partial charge in [-0.3, -0.25) is 9.69 Å². The molecule has 1 aliphatic rings. The Labute approximate surface area is 164 Å². The number of amides is 1. The highest BCUT2D eigenvalue weighted by molar-refractivity contribution is 6.33. The van der Waals surface area contributed by atoms with Gasteiger partial charge in [0.1, 0.15) is 0 Å². The van der Waals surface area contributed by atoms with E-state index in [4.69, 9.17) is 23.2 Å². The minimum absolute atomic E-state index is 0. The average Bonchev–Trinajstić information content (AvgIpc) is 2.61. The fraction of sp³-hybridized carbons (Fsp3) is 0.316. The zero-order chi connectivity index (χ0) is 16.9. The molecule has 0 atom stereocenters. The minimum Gasteiger partial charge on any atom is -0.336 e. The lowest BCUT2D eigenvalue weighted by Crippen LogP contribution is -2.49. The average molecular weight is 400 g/mol. The van der Waals surface area contributed by atoms with Gasteiger partial charge in [-0.05, 0) is 36.2 Å². The van der Waals surface area contributed by atoms with E-state index in [1.807, 2.05) is 29.2 Å². The Balaban J connectivity index is 0.00000225. The molecule has 0 radical (unpaired) electrons. The molecular formula is C19H21Cl3N2O. The van der Waals surface area contributed by atoms with Gasteiger partial charge in [0.15, 0.2) is 0 Å². The first kappa shape index (κ1) is 20.1. The van der Waals surface area contributed by atoms with E-state index in [1.165, 1.54) is 5.56 Å². The van der Waals surface area contributed by atoms with E-state index >= 15 is 0 Å². The van der Waals surface area contributed by atoms with Gasteiger partial charge < -0.3 is 4.90 Å². The van der Waals surface area contributed by atoms with Crippen molar-refractivity contribution in [2.45, 2.75) is 6.42 Å². The van der Waals surface area contributed by atoms with Crippen LogP contribution < -0.4 is 0 Å². The predicted molar refractivity (Wildman–Crippen MR) is 106 cm³/mol. The van der Waals surface area contributed by atoms with Gasteiger partial charge >= 0.3 is 0 Å². The lowest BCUT2D eigenvalue weighted by Gasteiger charge is -2.35. The van der Waals surface area contributed by atoms with Crippen molar-refractivity contribution in [3.63, 3.8) is 0 Å². The molecule has 1 amide bonds. The molecule has 1 saturated heterocycles. The van der Waals surface area contributed by atoms with E-state index in [-0.39, 0.29) is 18.3 Å². The Morgan fingerprint density at radius 2 is 1.56 bits per heavy atom. The predicted octanol–water partition coefficient (Wildman–Crippen LogP) is 4.42. The van der Waals surface area contributed by atoms with E-state index in [2.05, 4.69) is 17.0 Å². The van der Waals surface area contributed by atoms with Crippen LogP contribution in [-0.4, -0.2) is 48.4 Å². The van der Waals surface area contributed by atoms with Crippen LogP contribution in [0.2, 0.25) is 10.0 Å². The van der Waals surface area contributed by atoms with E-state index in [0.29, 0.717) is 10.6 Å². The van der Waals surface area contributed by atoms with Crippen LogP contribution in [-0.2, 0) is 6.42 Å². The zero-order valence-electron chi connectivity index (χ0n) is 13.8. The quantitative estimate of drug-likeness (QED) is 0.760. The maximum absolute atomic E-state index is 12.5. The molecule has 0 saturated carbocycles. The first-order valence-electron chi connectivity index (χ1n) is 8.14. The molecule has 0 aromatic heterocycles. The second-order valence-corrected chi connectivity index (χ2v) is 6.83. The van der Waals surface area contributed by atoms with E-state index in [9.17, 15) is 4.79 Å². The maximum atomic E-state index is 12.5. The van der Waals surface area contributed by atoms with Crippen molar-refractivity contribution in [2.24, 2.45) is 0 Å². The molecule has 3 nitrogen and oxygen atoms in total. The van der Waals surface area contributed by atoms with Crippen molar-refractivity contribution in [1.29, 1.82) is 0 Å². The molecule has 2 aromatic carbocycles. The van der Waals surface area contributed by atoms with Crippen LogP contribution in [0.25, 0.3) is 0 Å². The molecule has 25 heavy (non-hydrogen) atoms. The number of benzene rings is 2. The summed E-state index contributed by atoms with van der Waals surface area (Å²) in [6, 6.07) is 15.2. The van der Waals surface area contributed by atoms with E-state index < -0.39 is 0 Å². The van der Waals surface area contributed by atoms with Gasteiger partial charge in [-0.25, -0.2) is 0 Å². The third-order valence-corrected chi connectivity index (χ3v) is 4.98. The highest BCUT2D eigenvalue weighted by atomic mass is 35.5. The standard InChI is InChI=1S/C19H20Cl2N2O.ClH/c20-16-7-5-15(6-8-16)9-10-22-11-13-23(14-12-22)19(24)17-3-1-2-4-18(17)21;/h1-8H,9-14H2;1H. The fourth-order valence-corrected chi connectivity index (χ4v) is 3.26. The van der Waals surface area contributed by atoms with Gasteiger partial charge in [0.05, 0.1) is 10.6 Å². The van der Waals surface area contributed by atoms with Gasteiger partial charge in [-0.15, -0.1) is 12.4 Å². The summed E-state index contributed by atoms with van der Waals surface area (Å²) in [5.41, 5.74) is 1.88. The van der Waals surface area contributed by atoms with Crippen LogP contribution in [0, 0.1) is 0 Å². The zero-order valence-corrected chi connectivity index (χ0v) is 16.2. The fourth-order valence-electron chi connectivity index (χ4n) is 2.92. The number of hydrogen-bond donors (Lipinski definition) is 0. The molecule has 1 aliphatic heterocycles. The first-order chi connectivity index (χ1) is 11.6. The van der Waals surface area contributed by atoms with Crippen molar-refractivity contribution in [3.8, 4) is 0 Å². The summed E-state index contributed by atoms with van der Waals surface area (Å²) in [4.78, 5) is 16.8. The highest BCUT2D eigenvalue weighted by Gasteiger charge is 2.23. The molecule has 2 aromatic rings. The molecule has 3 rings (SSSR count). The largest absolute Gasteiger partial charge is 0.336 e. The van der Waals surface area contributed by atoms with Crippen LogP contribution in [0.4, 0.5) is 0 Å². The molecule has 1 fully saturated rings. The van der Waals surface area contributed by atoms with Crippen LogP contribution in [0.1, 0.15) is 15.9 Å². The Morgan fingerprint density at radius 3 is 2.20 bits per heavy atom. The Hall–Kier alpha value is -1.26. The molecule has 0 N–H and O–H groups in total. The number of hydrogen-bond acceptors (Lipinski definition) is 2. The first-order valence-corrected chi connectivity index (χ1v) is 8.90. The molecule has 0 unspecified atom stereocenters. The van der Waals surface area contributed by atoms with E-state index in [0.717, 1.165) is 44.2 Å². The highest BCUT2D eigenvalue weighted by Crippen LogP contribution is 2.18. The van der Waals surface area contributed by atoms with Gasteiger partial charge in [-0.2, -0.15) is 0 Å². The lowest BCUT2D eigenvalue weighted by atomic mass is 10.1. The molecule has 6 heteroatoms. The molecule has 0 aliphatic carbocycles. The van der Waals surface area contributed by atoms with Gasteiger partial charge in [0.2, 0.25) is 0 Å². The number of carbonyl (C=O) groups excluding carboxylic acids is 1. The van der Waals surface area contributed by atoms with Crippen molar-refractivity contribution < 1.29 is 4.79 Å². The SMILES string of the molecule is Cl.O=C(c1ccccc1Cl)N1CCN(CCc2ccc(Cl)cc2)CC1. The lowest BCUT2D eigenvalue weighted by molar-refractivity contribution is 0.0638. The van der Waals surface area contributed by atoms with Gasteiger partial charge in [0.25, 0.3) is 5.91 Å². The van der Waals surface area contributed by atoms with E-state index in [1.54, 1.807) is 12.1 Å². The molecule has 134 valence electrons. The van der Waals surface area contributed by atoms with Crippen LogP contribution >= 0.6 is 35.6 Å².